The number of nitrogens with one attached hydrogen (secondary N) is 1. The molecule has 2 aromatic rings. The SMILES string of the molecule is CSc1ccc(C(Cc2ccc(F)c(Cl)c2)NN)cc1. The van der Waals surface area contributed by atoms with Gasteiger partial charge in [-0.2, -0.15) is 0 Å². The van der Waals surface area contributed by atoms with Gasteiger partial charge in [0.05, 0.1) is 5.02 Å². The maximum absolute atomic E-state index is 13.1. The predicted octanol–water partition coefficient (Wildman–Crippen LogP) is 3.95. The second-order valence-corrected chi connectivity index (χ2v) is 5.73. The minimum Gasteiger partial charge on any atom is -0.271 e. The molecule has 0 bridgehead atoms. The smallest absolute Gasteiger partial charge is 0.141 e. The van der Waals surface area contributed by atoms with Gasteiger partial charge in [-0.3, -0.25) is 11.3 Å². The van der Waals surface area contributed by atoms with E-state index in [4.69, 9.17) is 17.4 Å². The number of halogens is 2. The molecule has 0 aliphatic heterocycles. The molecule has 0 heterocycles. The first kappa shape index (κ1) is 15.3. The maximum Gasteiger partial charge on any atom is 0.141 e. The quantitative estimate of drug-likeness (QED) is 0.499. The molecule has 1 unspecified atom stereocenters. The molecule has 0 aromatic heterocycles. The van der Waals surface area contributed by atoms with Crippen molar-refractivity contribution in [3.8, 4) is 0 Å². The molecule has 1 atom stereocenters. The topological polar surface area (TPSA) is 38.0 Å². The van der Waals surface area contributed by atoms with Crippen LogP contribution in [0.3, 0.4) is 0 Å². The van der Waals surface area contributed by atoms with Gasteiger partial charge in [0.2, 0.25) is 0 Å². The third kappa shape index (κ3) is 3.73. The molecule has 0 spiro atoms. The highest BCUT2D eigenvalue weighted by Crippen LogP contribution is 2.23. The van der Waals surface area contributed by atoms with E-state index in [1.165, 1.54) is 11.0 Å². The van der Waals surface area contributed by atoms with E-state index in [1.54, 1.807) is 23.9 Å². The Bertz CT molecular complexity index is 575. The molecular weight excluding hydrogens is 295 g/mol. The van der Waals surface area contributed by atoms with Crippen molar-refractivity contribution in [2.24, 2.45) is 5.84 Å². The predicted molar refractivity (Wildman–Crippen MR) is 83.4 cm³/mol. The van der Waals surface area contributed by atoms with Crippen LogP contribution < -0.4 is 11.3 Å². The van der Waals surface area contributed by atoms with Crippen molar-refractivity contribution in [1.82, 2.24) is 5.43 Å². The maximum atomic E-state index is 13.1. The molecule has 2 rings (SSSR count). The van der Waals surface area contributed by atoms with E-state index >= 15 is 0 Å². The number of thioether (sulfide) groups is 1. The first-order chi connectivity index (χ1) is 9.63. The Morgan fingerprint density at radius 2 is 1.95 bits per heavy atom. The molecule has 0 radical (unpaired) electrons. The molecule has 0 aliphatic carbocycles. The Morgan fingerprint density at radius 1 is 1.25 bits per heavy atom. The normalized spacial score (nSPS) is 12.4. The number of rotatable bonds is 5. The molecule has 106 valence electrons. The van der Waals surface area contributed by atoms with Crippen molar-refractivity contribution in [3.63, 3.8) is 0 Å². The van der Waals surface area contributed by atoms with Gasteiger partial charge in [0.25, 0.3) is 0 Å². The third-order valence-corrected chi connectivity index (χ3v) is 4.18. The molecule has 20 heavy (non-hydrogen) atoms. The van der Waals surface area contributed by atoms with E-state index in [1.807, 2.05) is 18.4 Å². The zero-order chi connectivity index (χ0) is 14.5. The summed E-state index contributed by atoms with van der Waals surface area (Å²) in [4.78, 5) is 1.20. The van der Waals surface area contributed by atoms with Gasteiger partial charge in [-0.25, -0.2) is 4.39 Å². The molecule has 3 N–H and O–H groups in total. The molecule has 2 nitrogen and oxygen atoms in total. The third-order valence-electron chi connectivity index (χ3n) is 3.14. The zero-order valence-corrected chi connectivity index (χ0v) is 12.6. The van der Waals surface area contributed by atoms with Crippen molar-refractivity contribution >= 4 is 23.4 Å². The van der Waals surface area contributed by atoms with Crippen LogP contribution in [0.15, 0.2) is 47.4 Å². The van der Waals surface area contributed by atoms with Gasteiger partial charge in [-0.05, 0) is 48.1 Å². The number of hydrogen-bond donors (Lipinski definition) is 2. The summed E-state index contributed by atoms with van der Waals surface area (Å²) in [5, 5.41) is 0.135. The first-order valence-electron chi connectivity index (χ1n) is 6.18. The van der Waals surface area contributed by atoms with Crippen LogP contribution in [0, 0.1) is 5.82 Å². The lowest BCUT2D eigenvalue weighted by Gasteiger charge is -2.17. The average molecular weight is 311 g/mol. The number of benzene rings is 2. The Hall–Kier alpha value is -1.07. The van der Waals surface area contributed by atoms with Gasteiger partial charge in [0.1, 0.15) is 5.82 Å². The van der Waals surface area contributed by atoms with Gasteiger partial charge in [0, 0.05) is 10.9 Å². The Balaban J connectivity index is 2.16. The fourth-order valence-electron chi connectivity index (χ4n) is 2.01. The van der Waals surface area contributed by atoms with Gasteiger partial charge in [-0.15, -0.1) is 11.8 Å². The molecule has 0 saturated carbocycles. The lowest BCUT2D eigenvalue weighted by atomic mass is 9.99. The minimum atomic E-state index is -0.406. The van der Waals surface area contributed by atoms with Gasteiger partial charge in [-0.1, -0.05) is 29.8 Å². The monoisotopic (exact) mass is 310 g/mol. The van der Waals surface area contributed by atoms with Crippen molar-refractivity contribution in [3.05, 3.63) is 64.4 Å². The van der Waals surface area contributed by atoms with E-state index in [9.17, 15) is 4.39 Å². The summed E-state index contributed by atoms with van der Waals surface area (Å²) < 4.78 is 13.1. The summed E-state index contributed by atoms with van der Waals surface area (Å²) in [6.45, 7) is 0. The Morgan fingerprint density at radius 3 is 2.50 bits per heavy atom. The van der Waals surface area contributed by atoms with Crippen LogP contribution in [0.2, 0.25) is 5.02 Å². The molecular formula is C15H16ClFN2S. The summed E-state index contributed by atoms with van der Waals surface area (Å²) in [5.74, 6) is 5.22. The molecule has 0 amide bonds. The van der Waals surface area contributed by atoms with E-state index < -0.39 is 5.82 Å². The number of hydrogen-bond acceptors (Lipinski definition) is 3. The Kier molecular flexibility index (Phi) is 5.43. The van der Waals surface area contributed by atoms with Crippen LogP contribution in [0.25, 0.3) is 0 Å². The summed E-state index contributed by atoms with van der Waals surface area (Å²) in [6, 6.07) is 12.9. The van der Waals surface area contributed by atoms with Crippen molar-refractivity contribution in [1.29, 1.82) is 0 Å². The van der Waals surface area contributed by atoms with E-state index in [0.29, 0.717) is 6.42 Å². The number of hydrazine groups is 1. The average Bonchev–Trinajstić information content (AvgIpc) is 2.48. The van der Waals surface area contributed by atoms with Crippen LogP contribution >= 0.6 is 23.4 Å². The van der Waals surface area contributed by atoms with Crippen LogP contribution in [0.5, 0.6) is 0 Å². The van der Waals surface area contributed by atoms with Gasteiger partial charge in [0.15, 0.2) is 0 Å². The second-order valence-electron chi connectivity index (χ2n) is 4.44. The van der Waals surface area contributed by atoms with Crippen molar-refractivity contribution in [2.45, 2.75) is 17.4 Å². The first-order valence-corrected chi connectivity index (χ1v) is 7.78. The molecule has 0 fully saturated rings. The zero-order valence-electron chi connectivity index (χ0n) is 11.1. The van der Waals surface area contributed by atoms with Crippen LogP contribution in [0.4, 0.5) is 4.39 Å². The molecule has 0 aliphatic rings. The second kappa shape index (κ2) is 7.09. The van der Waals surface area contributed by atoms with Crippen LogP contribution in [-0.2, 0) is 6.42 Å². The van der Waals surface area contributed by atoms with Gasteiger partial charge >= 0.3 is 0 Å². The largest absolute Gasteiger partial charge is 0.271 e. The summed E-state index contributed by atoms with van der Waals surface area (Å²) in [5.41, 5.74) is 4.82. The van der Waals surface area contributed by atoms with E-state index in [0.717, 1.165) is 11.1 Å². The lowest BCUT2D eigenvalue weighted by Crippen LogP contribution is -2.29. The fraction of sp³-hybridized carbons (Fsp3) is 0.200. The Labute approximate surface area is 127 Å². The van der Waals surface area contributed by atoms with Crippen molar-refractivity contribution < 1.29 is 4.39 Å². The standard InChI is InChI=1S/C15H16ClFN2S/c1-20-12-5-3-11(4-6-12)15(19-18)9-10-2-7-14(17)13(16)8-10/h2-8,15,19H,9,18H2,1H3. The summed E-state index contributed by atoms with van der Waals surface area (Å²) in [6.07, 6.45) is 2.68. The highest BCUT2D eigenvalue weighted by Gasteiger charge is 2.11. The molecule has 5 heteroatoms. The number of nitrogens with two attached hydrogens (primary N) is 1. The van der Waals surface area contributed by atoms with Gasteiger partial charge < -0.3 is 0 Å². The van der Waals surface area contributed by atoms with E-state index in [2.05, 4.69) is 17.6 Å². The van der Waals surface area contributed by atoms with Crippen LogP contribution in [0.1, 0.15) is 17.2 Å². The van der Waals surface area contributed by atoms with E-state index in [-0.39, 0.29) is 11.1 Å². The highest BCUT2D eigenvalue weighted by atomic mass is 35.5. The molecule has 0 saturated heterocycles. The summed E-state index contributed by atoms with van der Waals surface area (Å²) in [7, 11) is 0. The van der Waals surface area contributed by atoms with Crippen molar-refractivity contribution in [2.75, 3.05) is 6.26 Å². The van der Waals surface area contributed by atoms with Crippen LogP contribution in [-0.4, -0.2) is 6.26 Å². The lowest BCUT2D eigenvalue weighted by molar-refractivity contribution is 0.550. The molecule has 2 aromatic carbocycles. The fourth-order valence-corrected chi connectivity index (χ4v) is 2.62. The highest BCUT2D eigenvalue weighted by molar-refractivity contribution is 7.98. The summed E-state index contributed by atoms with van der Waals surface area (Å²) >= 11 is 7.49. The minimum absolute atomic E-state index is 0.0348.